The zero-order chi connectivity index (χ0) is 30.5. The van der Waals surface area contributed by atoms with Gasteiger partial charge in [-0.25, -0.2) is 9.97 Å². The van der Waals surface area contributed by atoms with Crippen LogP contribution in [0.3, 0.4) is 0 Å². The summed E-state index contributed by atoms with van der Waals surface area (Å²) < 4.78 is 0. The Hall–Kier alpha value is -6.12. The highest BCUT2D eigenvalue weighted by molar-refractivity contribution is 6.19. The smallest absolute Gasteiger partial charge is 0.160 e. The van der Waals surface area contributed by atoms with Crippen LogP contribution < -0.4 is 0 Å². The molecule has 46 heavy (non-hydrogen) atoms. The summed E-state index contributed by atoms with van der Waals surface area (Å²) in [5.41, 5.74) is 7.31. The first-order valence-electron chi connectivity index (χ1n) is 15.7. The van der Waals surface area contributed by atoms with E-state index in [4.69, 9.17) is 9.97 Å². The quantitative estimate of drug-likeness (QED) is 0.152. The van der Waals surface area contributed by atoms with Crippen molar-refractivity contribution in [2.24, 2.45) is 0 Å². The van der Waals surface area contributed by atoms with Crippen LogP contribution in [0, 0.1) is 0 Å². The van der Waals surface area contributed by atoms with Crippen LogP contribution in [0.2, 0.25) is 0 Å². The number of hydrogen-bond donors (Lipinski definition) is 0. The van der Waals surface area contributed by atoms with Crippen molar-refractivity contribution >= 4 is 43.1 Å². The average molecular weight is 585 g/mol. The van der Waals surface area contributed by atoms with E-state index < -0.39 is 0 Å². The average Bonchev–Trinajstić information content (AvgIpc) is 3.13. The molecule has 1 heterocycles. The molecule has 0 aliphatic rings. The fourth-order valence-electron chi connectivity index (χ4n) is 6.84. The fourth-order valence-corrected chi connectivity index (χ4v) is 6.84. The molecule has 9 rings (SSSR count). The molecular weight excluding hydrogens is 556 g/mol. The van der Waals surface area contributed by atoms with Crippen molar-refractivity contribution in [3.63, 3.8) is 0 Å². The van der Waals surface area contributed by atoms with Gasteiger partial charge in [0, 0.05) is 16.7 Å². The minimum Gasteiger partial charge on any atom is -0.228 e. The molecule has 1 aromatic heterocycles. The van der Waals surface area contributed by atoms with Gasteiger partial charge in [0.05, 0.1) is 11.4 Å². The Morgan fingerprint density at radius 3 is 1.78 bits per heavy atom. The Labute approximate surface area is 267 Å². The van der Waals surface area contributed by atoms with Gasteiger partial charge in [0.15, 0.2) is 5.82 Å². The van der Waals surface area contributed by atoms with Crippen LogP contribution in [0.5, 0.6) is 0 Å². The third kappa shape index (κ3) is 4.43. The molecule has 2 heteroatoms. The van der Waals surface area contributed by atoms with Gasteiger partial charge in [-0.3, -0.25) is 0 Å². The summed E-state index contributed by atoms with van der Waals surface area (Å²) in [7, 11) is 0. The van der Waals surface area contributed by atoms with Gasteiger partial charge < -0.3 is 0 Å². The van der Waals surface area contributed by atoms with Crippen molar-refractivity contribution in [3.05, 3.63) is 170 Å². The summed E-state index contributed by atoms with van der Waals surface area (Å²) in [5, 5.41) is 9.71. The predicted molar refractivity (Wildman–Crippen MR) is 194 cm³/mol. The van der Waals surface area contributed by atoms with E-state index in [0.29, 0.717) is 5.82 Å². The number of fused-ring (bicyclic) bond motifs is 5. The third-order valence-corrected chi connectivity index (χ3v) is 9.05. The molecule has 0 saturated heterocycles. The Morgan fingerprint density at radius 2 is 0.935 bits per heavy atom. The Balaban J connectivity index is 1.35. The van der Waals surface area contributed by atoms with Crippen LogP contribution in [0.1, 0.15) is 0 Å². The van der Waals surface area contributed by atoms with E-state index in [1.807, 2.05) is 18.2 Å². The zero-order valence-corrected chi connectivity index (χ0v) is 25.1. The third-order valence-electron chi connectivity index (χ3n) is 9.05. The van der Waals surface area contributed by atoms with Crippen molar-refractivity contribution in [3.8, 4) is 45.0 Å². The van der Waals surface area contributed by atoms with Crippen LogP contribution in [-0.4, -0.2) is 9.97 Å². The van der Waals surface area contributed by atoms with Gasteiger partial charge in [-0.1, -0.05) is 152 Å². The molecule has 0 unspecified atom stereocenters. The summed E-state index contributed by atoms with van der Waals surface area (Å²) in [6.45, 7) is 0. The molecule has 0 N–H and O–H groups in total. The lowest BCUT2D eigenvalue weighted by atomic mass is 9.90. The normalized spacial score (nSPS) is 11.5. The van der Waals surface area contributed by atoms with E-state index in [1.54, 1.807) is 0 Å². The molecule has 0 saturated carbocycles. The molecule has 0 bridgehead atoms. The summed E-state index contributed by atoms with van der Waals surface area (Å²) in [5.74, 6) is 0.711. The number of benzene rings is 8. The largest absolute Gasteiger partial charge is 0.228 e. The van der Waals surface area contributed by atoms with Gasteiger partial charge in [0.1, 0.15) is 0 Å². The van der Waals surface area contributed by atoms with Crippen LogP contribution in [0.25, 0.3) is 88.1 Å². The zero-order valence-electron chi connectivity index (χ0n) is 25.1. The lowest BCUT2D eigenvalue weighted by Gasteiger charge is -2.16. The Morgan fingerprint density at radius 1 is 0.304 bits per heavy atom. The lowest BCUT2D eigenvalue weighted by Crippen LogP contribution is -1.98. The maximum Gasteiger partial charge on any atom is 0.160 e. The van der Waals surface area contributed by atoms with Crippen LogP contribution in [-0.2, 0) is 0 Å². The summed E-state index contributed by atoms with van der Waals surface area (Å²) >= 11 is 0. The highest BCUT2D eigenvalue weighted by atomic mass is 14.9. The molecule has 2 nitrogen and oxygen atoms in total. The van der Waals surface area contributed by atoms with Crippen molar-refractivity contribution in [2.75, 3.05) is 0 Å². The van der Waals surface area contributed by atoms with E-state index in [2.05, 4.69) is 152 Å². The van der Waals surface area contributed by atoms with Crippen LogP contribution >= 0.6 is 0 Å². The highest BCUT2D eigenvalue weighted by Crippen LogP contribution is 2.41. The van der Waals surface area contributed by atoms with Crippen LogP contribution in [0.4, 0.5) is 0 Å². The SMILES string of the molecule is c1ccc(-c2nc(-c3ccccc3-c3ccc4ccccc4c3)cc(-c3c4ccccc4cc4c3ccc3ccccc34)n2)cc1. The van der Waals surface area contributed by atoms with E-state index >= 15 is 0 Å². The van der Waals surface area contributed by atoms with Gasteiger partial charge in [-0.15, -0.1) is 0 Å². The predicted octanol–water partition coefficient (Wildman–Crippen LogP) is 11.8. The number of rotatable bonds is 4. The minimum atomic E-state index is 0.711. The second-order valence-corrected chi connectivity index (χ2v) is 11.8. The van der Waals surface area contributed by atoms with Gasteiger partial charge in [0.2, 0.25) is 0 Å². The highest BCUT2D eigenvalue weighted by Gasteiger charge is 2.18. The summed E-state index contributed by atoms with van der Waals surface area (Å²) in [6, 6.07) is 60.4. The Kier molecular flexibility index (Phi) is 6.17. The molecule has 0 aliphatic heterocycles. The molecule has 0 spiro atoms. The van der Waals surface area contributed by atoms with E-state index in [9.17, 15) is 0 Å². The number of aromatic nitrogens is 2. The van der Waals surface area contributed by atoms with Crippen molar-refractivity contribution in [2.45, 2.75) is 0 Å². The lowest BCUT2D eigenvalue weighted by molar-refractivity contribution is 1.19. The van der Waals surface area contributed by atoms with Gasteiger partial charge in [-0.05, 0) is 72.4 Å². The second kappa shape index (κ2) is 10.8. The molecule has 8 aromatic carbocycles. The maximum atomic E-state index is 5.31. The maximum absolute atomic E-state index is 5.31. The summed E-state index contributed by atoms with van der Waals surface area (Å²) in [6.07, 6.45) is 0. The molecular formula is C44H28N2. The van der Waals surface area contributed by atoms with Gasteiger partial charge in [-0.2, -0.15) is 0 Å². The first-order chi connectivity index (χ1) is 22.8. The minimum absolute atomic E-state index is 0.711. The van der Waals surface area contributed by atoms with E-state index in [0.717, 1.165) is 39.2 Å². The van der Waals surface area contributed by atoms with Crippen molar-refractivity contribution in [1.29, 1.82) is 0 Å². The molecule has 9 aromatic rings. The fraction of sp³-hybridized carbons (Fsp3) is 0. The topological polar surface area (TPSA) is 25.8 Å². The summed E-state index contributed by atoms with van der Waals surface area (Å²) in [4.78, 5) is 10.6. The molecule has 0 aliphatic carbocycles. The van der Waals surface area contributed by atoms with Crippen LogP contribution in [0.15, 0.2) is 170 Å². The van der Waals surface area contributed by atoms with E-state index in [1.165, 1.54) is 43.1 Å². The molecule has 0 atom stereocenters. The van der Waals surface area contributed by atoms with Crippen molar-refractivity contribution < 1.29 is 0 Å². The van der Waals surface area contributed by atoms with Gasteiger partial charge >= 0.3 is 0 Å². The molecule has 214 valence electrons. The number of hydrogen-bond acceptors (Lipinski definition) is 2. The first kappa shape index (κ1) is 26.3. The van der Waals surface area contributed by atoms with E-state index in [-0.39, 0.29) is 0 Å². The number of nitrogens with zero attached hydrogens (tertiary/aromatic N) is 2. The van der Waals surface area contributed by atoms with Crippen molar-refractivity contribution in [1.82, 2.24) is 9.97 Å². The first-order valence-corrected chi connectivity index (χ1v) is 15.7. The second-order valence-electron chi connectivity index (χ2n) is 11.8. The molecule has 0 fully saturated rings. The monoisotopic (exact) mass is 584 g/mol. The standard InChI is InChI=1S/C44H28N2/c1-2-14-31(15-3-1)44-45-41(38-21-11-10-19-36(38)34-23-22-29-12-4-5-16-32(29)26-34)28-42(46-44)43-37-20-9-7-17-33(37)27-40-35-18-8-6-13-30(35)24-25-39(40)43/h1-28H. The van der Waals surface area contributed by atoms with Gasteiger partial charge in [0.25, 0.3) is 0 Å². The Bertz CT molecular complexity index is 2580. The molecule has 0 radical (unpaired) electrons. The molecule has 0 amide bonds.